The molecular formula is C22H24N4O4S. The van der Waals surface area contributed by atoms with Gasteiger partial charge in [-0.2, -0.15) is 5.10 Å². The number of piperidine rings is 1. The number of ether oxygens (including phenoxy) is 1. The van der Waals surface area contributed by atoms with Gasteiger partial charge in [0.05, 0.1) is 22.9 Å². The average molecular weight is 441 g/mol. The maximum Gasteiger partial charge on any atom is 0.309 e. The number of amides is 1. The first-order valence-corrected chi connectivity index (χ1v) is 11.2. The average Bonchev–Trinajstić information content (AvgIpc) is 3.25. The minimum Gasteiger partial charge on any atom is -0.466 e. The molecule has 1 aromatic carbocycles. The van der Waals surface area contributed by atoms with Crippen LogP contribution in [0.2, 0.25) is 0 Å². The highest BCUT2D eigenvalue weighted by Gasteiger charge is 2.28. The van der Waals surface area contributed by atoms with Crippen LogP contribution in [0.3, 0.4) is 0 Å². The second kappa shape index (κ2) is 8.97. The van der Waals surface area contributed by atoms with E-state index in [1.807, 2.05) is 37.3 Å². The second-order valence-corrected chi connectivity index (χ2v) is 8.52. The van der Waals surface area contributed by atoms with Crippen molar-refractivity contribution in [2.75, 3.05) is 19.7 Å². The first-order valence-electron chi connectivity index (χ1n) is 10.4. The summed E-state index contributed by atoms with van der Waals surface area (Å²) in [5, 5.41) is 5.12. The molecule has 3 aromatic rings. The summed E-state index contributed by atoms with van der Waals surface area (Å²) in [6.45, 7) is 4.75. The molecular weight excluding hydrogens is 416 g/mol. The van der Waals surface area contributed by atoms with Crippen molar-refractivity contribution in [3.63, 3.8) is 0 Å². The SMILES string of the molecule is CCOC(=O)C1CCN(C(=O)Cn2nc(C)c3sc(-c4ccccc4)nc3c2=O)CC1. The molecule has 0 saturated carbocycles. The number of hydrogen-bond acceptors (Lipinski definition) is 7. The van der Waals surface area contributed by atoms with E-state index >= 15 is 0 Å². The molecule has 0 unspecified atom stereocenters. The summed E-state index contributed by atoms with van der Waals surface area (Å²) in [4.78, 5) is 43.9. The van der Waals surface area contributed by atoms with Gasteiger partial charge in [0.2, 0.25) is 5.91 Å². The summed E-state index contributed by atoms with van der Waals surface area (Å²) in [6, 6.07) is 9.67. The number of benzene rings is 1. The molecule has 0 N–H and O–H groups in total. The number of esters is 1. The number of fused-ring (bicyclic) bond motifs is 1. The monoisotopic (exact) mass is 440 g/mol. The van der Waals surface area contributed by atoms with Gasteiger partial charge in [0.15, 0.2) is 5.52 Å². The summed E-state index contributed by atoms with van der Waals surface area (Å²) in [7, 11) is 0. The lowest BCUT2D eigenvalue weighted by atomic mass is 9.97. The molecule has 8 nitrogen and oxygen atoms in total. The number of carbonyl (C=O) groups excluding carboxylic acids is 2. The van der Waals surface area contributed by atoms with Gasteiger partial charge >= 0.3 is 5.97 Å². The van der Waals surface area contributed by atoms with Crippen molar-refractivity contribution in [3.05, 3.63) is 46.4 Å². The molecule has 3 heterocycles. The van der Waals surface area contributed by atoms with Gasteiger partial charge < -0.3 is 9.64 Å². The molecule has 1 fully saturated rings. The quantitative estimate of drug-likeness (QED) is 0.566. The van der Waals surface area contributed by atoms with Crippen molar-refractivity contribution in [2.24, 2.45) is 5.92 Å². The minimum atomic E-state index is -0.367. The second-order valence-electron chi connectivity index (χ2n) is 7.52. The Bertz CT molecular complexity index is 1160. The molecule has 4 rings (SSSR count). The normalized spacial score (nSPS) is 14.7. The molecule has 0 bridgehead atoms. The zero-order valence-electron chi connectivity index (χ0n) is 17.5. The van der Waals surface area contributed by atoms with E-state index in [1.165, 1.54) is 16.0 Å². The summed E-state index contributed by atoms with van der Waals surface area (Å²) in [5.41, 5.74) is 1.58. The van der Waals surface area contributed by atoms with Crippen LogP contribution in [0.25, 0.3) is 20.8 Å². The Morgan fingerprint density at radius 2 is 1.90 bits per heavy atom. The molecule has 0 radical (unpaired) electrons. The maximum atomic E-state index is 13.0. The van der Waals surface area contributed by atoms with Gasteiger partial charge in [0, 0.05) is 18.7 Å². The van der Waals surface area contributed by atoms with Gasteiger partial charge in [-0.25, -0.2) is 9.67 Å². The fraction of sp³-hybridized carbons (Fsp3) is 0.409. The predicted molar refractivity (Wildman–Crippen MR) is 118 cm³/mol. The van der Waals surface area contributed by atoms with Crippen molar-refractivity contribution < 1.29 is 14.3 Å². The topological polar surface area (TPSA) is 94.4 Å². The Hall–Kier alpha value is -3.07. The molecule has 0 atom stereocenters. The van der Waals surface area contributed by atoms with Crippen molar-refractivity contribution in [1.82, 2.24) is 19.7 Å². The maximum absolute atomic E-state index is 13.0. The van der Waals surface area contributed by atoms with Gasteiger partial charge in [0.1, 0.15) is 11.6 Å². The van der Waals surface area contributed by atoms with Gasteiger partial charge in [-0.15, -0.1) is 11.3 Å². The van der Waals surface area contributed by atoms with Crippen LogP contribution in [0.5, 0.6) is 0 Å². The number of likely N-dealkylation sites (tertiary alicyclic amines) is 1. The van der Waals surface area contributed by atoms with Crippen LogP contribution in [0.1, 0.15) is 25.5 Å². The molecule has 1 amide bonds. The number of nitrogens with zero attached hydrogens (tertiary/aromatic N) is 4. The standard InChI is InChI=1S/C22H24N4O4S/c1-3-30-22(29)16-9-11-25(12-10-16)17(27)13-26-21(28)18-19(14(2)24-26)31-20(23-18)15-7-5-4-6-8-15/h4-8,16H,3,9-13H2,1-2H3. The smallest absolute Gasteiger partial charge is 0.309 e. The van der Waals surface area contributed by atoms with Crippen molar-refractivity contribution in [1.29, 1.82) is 0 Å². The Labute approximate surface area is 183 Å². The summed E-state index contributed by atoms with van der Waals surface area (Å²) >= 11 is 1.43. The fourth-order valence-corrected chi connectivity index (χ4v) is 4.77. The Balaban J connectivity index is 1.51. The van der Waals surface area contributed by atoms with E-state index in [9.17, 15) is 14.4 Å². The lowest BCUT2D eigenvalue weighted by Gasteiger charge is -2.30. The third kappa shape index (κ3) is 4.36. The van der Waals surface area contributed by atoms with Crippen molar-refractivity contribution in [3.8, 4) is 10.6 Å². The summed E-state index contributed by atoms with van der Waals surface area (Å²) in [6.07, 6.45) is 1.13. The van der Waals surface area contributed by atoms with Crippen LogP contribution >= 0.6 is 11.3 Å². The number of rotatable bonds is 5. The predicted octanol–water partition coefficient (Wildman–Crippen LogP) is 2.63. The molecule has 2 aromatic heterocycles. The van der Waals surface area contributed by atoms with Gasteiger partial charge in [-0.1, -0.05) is 30.3 Å². The molecule has 1 aliphatic heterocycles. The molecule has 0 spiro atoms. The van der Waals surface area contributed by atoms with Gasteiger partial charge in [-0.05, 0) is 26.7 Å². The Kier molecular flexibility index (Phi) is 6.13. The number of carbonyl (C=O) groups is 2. The Morgan fingerprint density at radius 3 is 2.58 bits per heavy atom. The third-order valence-corrected chi connectivity index (χ3v) is 6.65. The van der Waals surface area contributed by atoms with Gasteiger partial charge in [-0.3, -0.25) is 14.4 Å². The number of aryl methyl sites for hydroxylation is 1. The van der Waals surface area contributed by atoms with Gasteiger partial charge in [0.25, 0.3) is 5.56 Å². The van der Waals surface area contributed by atoms with Crippen LogP contribution in [-0.4, -0.2) is 51.2 Å². The fourth-order valence-electron chi connectivity index (χ4n) is 3.77. The first kappa shape index (κ1) is 21.2. The highest BCUT2D eigenvalue weighted by molar-refractivity contribution is 7.21. The van der Waals surface area contributed by atoms with Crippen LogP contribution in [0.15, 0.2) is 35.1 Å². The van der Waals surface area contributed by atoms with Crippen LogP contribution in [0, 0.1) is 12.8 Å². The molecule has 1 saturated heterocycles. The van der Waals surface area contributed by atoms with Crippen LogP contribution < -0.4 is 5.56 Å². The van der Waals surface area contributed by atoms with Crippen LogP contribution in [-0.2, 0) is 20.9 Å². The third-order valence-electron chi connectivity index (χ3n) is 5.44. The summed E-state index contributed by atoms with van der Waals surface area (Å²) in [5.74, 6) is -0.560. The van der Waals surface area contributed by atoms with E-state index in [0.29, 0.717) is 43.7 Å². The zero-order chi connectivity index (χ0) is 22.0. The number of aromatic nitrogens is 3. The number of thiazole rings is 1. The van der Waals surface area contributed by atoms with Crippen LogP contribution in [0.4, 0.5) is 0 Å². The van der Waals surface area contributed by atoms with E-state index in [1.54, 1.807) is 11.8 Å². The minimum absolute atomic E-state index is 0.141. The first-order chi connectivity index (χ1) is 15.0. The van der Waals surface area contributed by atoms with E-state index in [2.05, 4.69) is 10.1 Å². The summed E-state index contributed by atoms with van der Waals surface area (Å²) < 4.78 is 7.01. The zero-order valence-corrected chi connectivity index (χ0v) is 18.4. The molecule has 1 aliphatic rings. The van der Waals surface area contributed by atoms with E-state index in [4.69, 9.17) is 4.74 Å². The largest absolute Gasteiger partial charge is 0.466 e. The van der Waals surface area contributed by atoms with E-state index in [-0.39, 0.29) is 29.9 Å². The molecule has 31 heavy (non-hydrogen) atoms. The highest BCUT2D eigenvalue weighted by Crippen LogP contribution is 2.29. The van der Waals surface area contributed by atoms with E-state index in [0.717, 1.165) is 15.3 Å². The van der Waals surface area contributed by atoms with Crippen molar-refractivity contribution in [2.45, 2.75) is 33.2 Å². The van der Waals surface area contributed by atoms with E-state index < -0.39 is 0 Å². The Morgan fingerprint density at radius 1 is 1.19 bits per heavy atom. The number of hydrogen-bond donors (Lipinski definition) is 0. The molecule has 0 aliphatic carbocycles. The molecule has 162 valence electrons. The lowest BCUT2D eigenvalue weighted by molar-refractivity contribution is -0.151. The highest BCUT2D eigenvalue weighted by atomic mass is 32.1. The van der Waals surface area contributed by atoms with Crippen molar-refractivity contribution >= 4 is 33.4 Å². The lowest BCUT2D eigenvalue weighted by Crippen LogP contribution is -2.43. The molecule has 9 heteroatoms.